The molecule has 0 spiro atoms. The first-order valence-corrected chi connectivity index (χ1v) is 11.4. The Labute approximate surface area is 175 Å². The van der Waals surface area contributed by atoms with Crippen molar-refractivity contribution in [2.75, 3.05) is 13.2 Å². The normalized spacial score (nSPS) is 14.1. The molecule has 0 bridgehead atoms. The number of ether oxygens (including phenoxy) is 1. The lowest BCUT2D eigenvalue weighted by Crippen LogP contribution is -2.28. The van der Waals surface area contributed by atoms with E-state index in [2.05, 4.69) is 20.9 Å². The van der Waals surface area contributed by atoms with Crippen molar-refractivity contribution < 1.29 is 17.5 Å². The molecule has 0 radical (unpaired) electrons. The highest BCUT2D eigenvalue weighted by atomic mass is 32.2. The molecule has 0 atom stereocenters. The van der Waals surface area contributed by atoms with Crippen LogP contribution in [-0.2, 0) is 16.6 Å². The predicted molar refractivity (Wildman–Crippen MR) is 110 cm³/mol. The number of benzene rings is 1. The number of sulfonamides is 1. The second kappa shape index (κ2) is 8.53. The van der Waals surface area contributed by atoms with Crippen LogP contribution in [0.3, 0.4) is 0 Å². The van der Waals surface area contributed by atoms with E-state index in [1.54, 1.807) is 19.3 Å². The highest BCUT2D eigenvalue weighted by Crippen LogP contribution is 2.41. The number of aromatic nitrogens is 3. The largest absolute Gasteiger partial charge is 0.491 e. The molecule has 1 N–H and O–H groups in total. The average molecular weight is 431 g/mol. The van der Waals surface area contributed by atoms with Gasteiger partial charge in [-0.15, -0.1) is 0 Å². The van der Waals surface area contributed by atoms with Gasteiger partial charge in [0.1, 0.15) is 0 Å². The quantitative estimate of drug-likeness (QED) is 0.563. The maximum absolute atomic E-state index is 14.0. The Kier molecular flexibility index (Phi) is 5.83. The second-order valence-electron chi connectivity index (χ2n) is 7.11. The maximum Gasteiger partial charge on any atom is 0.240 e. The van der Waals surface area contributed by atoms with Crippen LogP contribution in [0.1, 0.15) is 31.4 Å². The second-order valence-corrected chi connectivity index (χ2v) is 8.88. The van der Waals surface area contributed by atoms with Crippen LogP contribution < -0.4 is 9.46 Å². The van der Waals surface area contributed by atoms with Crippen LogP contribution in [-0.4, -0.2) is 36.3 Å². The summed E-state index contributed by atoms with van der Waals surface area (Å²) in [5.74, 6) is -0.208. The topological polar surface area (TPSA) is 86.1 Å². The van der Waals surface area contributed by atoms with E-state index < -0.39 is 15.8 Å². The van der Waals surface area contributed by atoms with E-state index in [9.17, 15) is 12.8 Å². The lowest BCUT2D eigenvalue weighted by Gasteiger charge is -2.10. The van der Waals surface area contributed by atoms with Gasteiger partial charge in [0.25, 0.3) is 0 Å². The van der Waals surface area contributed by atoms with Crippen molar-refractivity contribution in [3.05, 3.63) is 60.3 Å². The summed E-state index contributed by atoms with van der Waals surface area (Å²) in [5.41, 5.74) is 2.92. The summed E-state index contributed by atoms with van der Waals surface area (Å²) in [6.07, 6.45) is 5.65. The average Bonchev–Trinajstić information content (AvgIpc) is 3.50. The SMILES string of the molecule is CCOc1ccc(S(=O)(=O)NCCn2nc(-c3ccncc3)cc2C2CC2)cc1F. The standard InChI is InChI=1S/C21H23FN4O3S/c1-2-29-21-6-5-17(13-18(21)22)30(27,28)24-11-12-26-20(16-3-4-16)14-19(25-26)15-7-9-23-10-8-15/h5-10,13-14,16,24H,2-4,11-12H2,1H3. The van der Waals surface area contributed by atoms with E-state index in [0.717, 1.165) is 35.9 Å². The number of nitrogens with one attached hydrogen (secondary N) is 1. The van der Waals surface area contributed by atoms with Crippen molar-refractivity contribution in [1.29, 1.82) is 0 Å². The molecule has 0 saturated heterocycles. The van der Waals surface area contributed by atoms with Gasteiger partial charge < -0.3 is 4.74 Å². The summed E-state index contributed by atoms with van der Waals surface area (Å²) < 4.78 is 48.6. The number of rotatable bonds is 9. The smallest absolute Gasteiger partial charge is 0.240 e. The molecule has 1 aliphatic rings. The van der Waals surface area contributed by atoms with Gasteiger partial charge in [0.15, 0.2) is 11.6 Å². The first-order chi connectivity index (χ1) is 14.5. The molecule has 2 aromatic heterocycles. The van der Waals surface area contributed by atoms with Gasteiger partial charge in [-0.1, -0.05) is 0 Å². The Bertz CT molecular complexity index is 1130. The molecule has 1 aromatic carbocycles. The molecular formula is C21H23FN4O3S. The highest BCUT2D eigenvalue weighted by molar-refractivity contribution is 7.89. The summed E-state index contributed by atoms with van der Waals surface area (Å²) >= 11 is 0. The maximum atomic E-state index is 14.0. The minimum atomic E-state index is -3.84. The highest BCUT2D eigenvalue weighted by Gasteiger charge is 2.28. The van der Waals surface area contributed by atoms with Crippen LogP contribution in [0.2, 0.25) is 0 Å². The Morgan fingerprint density at radius 2 is 1.97 bits per heavy atom. The monoisotopic (exact) mass is 430 g/mol. The van der Waals surface area contributed by atoms with Crippen molar-refractivity contribution >= 4 is 10.0 Å². The number of pyridine rings is 1. The van der Waals surface area contributed by atoms with Gasteiger partial charge in [-0.3, -0.25) is 9.67 Å². The van der Waals surface area contributed by atoms with E-state index in [4.69, 9.17) is 4.74 Å². The fourth-order valence-electron chi connectivity index (χ4n) is 3.27. The first kappa shape index (κ1) is 20.5. The van der Waals surface area contributed by atoms with Gasteiger partial charge in [-0.25, -0.2) is 17.5 Å². The van der Waals surface area contributed by atoms with Gasteiger partial charge >= 0.3 is 0 Å². The molecule has 1 fully saturated rings. The third kappa shape index (κ3) is 4.52. The zero-order valence-corrected chi connectivity index (χ0v) is 17.4. The van der Waals surface area contributed by atoms with Crippen molar-refractivity contribution in [3.8, 4) is 17.0 Å². The van der Waals surface area contributed by atoms with E-state index in [0.29, 0.717) is 19.1 Å². The molecule has 30 heavy (non-hydrogen) atoms. The van der Waals surface area contributed by atoms with Gasteiger partial charge in [-0.05, 0) is 56.2 Å². The Morgan fingerprint density at radius 3 is 2.63 bits per heavy atom. The van der Waals surface area contributed by atoms with Crippen molar-refractivity contribution in [1.82, 2.24) is 19.5 Å². The summed E-state index contributed by atoms with van der Waals surface area (Å²) in [6, 6.07) is 9.48. The van der Waals surface area contributed by atoms with Crippen molar-refractivity contribution in [2.45, 2.75) is 37.1 Å². The molecular weight excluding hydrogens is 407 g/mol. The molecule has 0 aliphatic heterocycles. The third-order valence-corrected chi connectivity index (χ3v) is 6.37. The predicted octanol–water partition coefficient (Wildman–Crippen LogP) is 3.34. The van der Waals surface area contributed by atoms with E-state index in [1.807, 2.05) is 16.8 Å². The molecule has 3 aromatic rings. The van der Waals surface area contributed by atoms with E-state index >= 15 is 0 Å². The lowest BCUT2D eigenvalue weighted by atomic mass is 10.2. The van der Waals surface area contributed by atoms with Crippen LogP contribution >= 0.6 is 0 Å². The summed E-state index contributed by atoms with van der Waals surface area (Å²) in [7, 11) is -3.84. The molecule has 4 rings (SSSR count). The van der Waals surface area contributed by atoms with Gasteiger partial charge in [0.05, 0.1) is 23.7 Å². The number of halogens is 1. The molecule has 7 nitrogen and oxygen atoms in total. The van der Waals surface area contributed by atoms with E-state index in [-0.39, 0.29) is 17.2 Å². The van der Waals surface area contributed by atoms with E-state index in [1.165, 1.54) is 12.1 Å². The molecule has 1 saturated carbocycles. The third-order valence-electron chi connectivity index (χ3n) is 4.91. The zero-order chi connectivity index (χ0) is 21.1. The minimum Gasteiger partial charge on any atom is -0.491 e. The number of hydrogen-bond acceptors (Lipinski definition) is 5. The minimum absolute atomic E-state index is 0.0331. The lowest BCUT2D eigenvalue weighted by molar-refractivity contribution is 0.321. The number of nitrogens with zero attached hydrogens (tertiary/aromatic N) is 3. The molecule has 0 unspecified atom stereocenters. The molecule has 1 aliphatic carbocycles. The van der Waals surface area contributed by atoms with Crippen LogP contribution in [0.25, 0.3) is 11.3 Å². The first-order valence-electron chi connectivity index (χ1n) is 9.88. The summed E-state index contributed by atoms with van der Waals surface area (Å²) in [4.78, 5) is 3.89. The van der Waals surface area contributed by atoms with Crippen LogP contribution in [0.5, 0.6) is 5.75 Å². The van der Waals surface area contributed by atoms with Gasteiger partial charge in [-0.2, -0.15) is 5.10 Å². The Balaban J connectivity index is 1.46. The van der Waals surface area contributed by atoms with Crippen molar-refractivity contribution in [2.24, 2.45) is 0 Å². The molecule has 0 amide bonds. The Morgan fingerprint density at radius 1 is 1.20 bits per heavy atom. The fourth-order valence-corrected chi connectivity index (χ4v) is 4.30. The van der Waals surface area contributed by atoms with Crippen molar-refractivity contribution in [3.63, 3.8) is 0 Å². The van der Waals surface area contributed by atoms with Crippen LogP contribution in [0.4, 0.5) is 4.39 Å². The molecule has 9 heteroatoms. The molecule has 2 heterocycles. The fraction of sp³-hybridized carbons (Fsp3) is 0.333. The number of hydrogen-bond donors (Lipinski definition) is 1. The zero-order valence-electron chi connectivity index (χ0n) is 16.6. The van der Waals surface area contributed by atoms with Gasteiger partial charge in [0, 0.05) is 36.1 Å². The Hall–Kier alpha value is -2.78. The summed E-state index contributed by atoms with van der Waals surface area (Å²) in [5, 5.41) is 4.66. The molecule has 158 valence electrons. The van der Waals surface area contributed by atoms with Crippen LogP contribution in [0, 0.1) is 5.82 Å². The summed E-state index contributed by atoms with van der Waals surface area (Å²) in [6.45, 7) is 2.57. The van der Waals surface area contributed by atoms with Gasteiger partial charge in [0.2, 0.25) is 10.0 Å². The van der Waals surface area contributed by atoms with Crippen LogP contribution in [0.15, 0.2) is 53.7 Å².